The average Bonchev–Trinajstić information content (AvgIpc) is 3.02. The van der Waals surface area contributed by atoms with Crippen molar-refractivity contribution in [2.45, 2.75) is 46.1 Å². The lowest BCUT2D eigenvalue weighted by atomic mass is 10.1. The largest absolute Gasteiger partial charge is 0.442 e. The fourth-order valence-electron chi connectivity index (χ4n) is 2.44. The van der Waals surface area contributed by atoms with E-state index in [0.29, 0.717) is 10.7 Å². The third-order valence-corrected chi connectivity index (χ3v) is 4.70. The van der Waals surface area contributed by atoms with Crippen molar-refractivity contribution in [2.24, 2.45) is 5.92 Å². The average molecular weight is 471 g/mol. The van der Waals surface area contributed by atoms with Crippen molar-refractivity contribution in [3.63, 3.8) is 0 Å². The van der Waals surface area contributed by atoms with Crippen LogP contribution in [0.15, 0.2) is 30.3 Å². The Labute approximate surface area is 178 Å². The van der Waals surface area contributed by atoms with Gasteiger partial charge in [-0.25, -0.2) is 4.79 Å². The number of carbonyl (C=O) groups is 2. The zero-order chi connectivity index (χ0) is 20.9. The van der Waals surface area contributed by atoms with Crippen molar-refractivity contribution in [3.05, 3.63) is 35.4 Å². The molecule has 152 valence electrons. The zero-order valence-corrected chi connectivity index (χ0v) is 18.8. The first-order valence-corrected chi connectivity index (χ1v) is 10.6. The molecule has 0 bridgehead atoms. The number of hydrogen-bond donors (Lipinski definition) is 1. The number of aromatic nitrogens is 2. The molecule has 1 N–H and O–H groups in total. The molecule has 2 aromatic rings. The Morgan fingerprint density at radius 1 is 1.29 bits per heavy atom. The number of halogens is 2. The van der Waals surface area contributed by atoms with Crippen molar-refractivity contribution < 1.29 is 14.3 Å². The van der Waals surface area contributed by atoms with E-state index in [4.69, 9.17) is 16.3 Å². The number of carbonyl (C=O) groups excluding carboxylic acids is 2. The van der Waals surface area contributed by atoms with Gasteiger partial charge in [-0.1, -0.05) is 46.6 Å². The molecule has 0 saturated carbocycles. The molecule has 0 spiro atoms. The van der Waals surface area contributed by atoms with Gasteiger partial charge in [0, 0.05) is 27.9 Å². The first-order chi connectivity index (χ1) is 13.1. The summed E-state index contributed by atoms with van der Waals surface area (Å²) < 4.78 is 6.51. The Balaban J connectivity index is 2.33. The number of rotatable bonds is 6. The summed E-state index contributed by atoms with van der Waals surface area (Å²) in [6.45, 7) is 7.17. The van der Waals surface area contributed by atoms with E-state index < -0.39 is 11.7 Å². The number of hydrogen-bond acceptors (Lipinski definition) is 4. The van der Waals surface area contributed by atoms with Crippen molar-refractivity contribution in [1.29, 1.82) is 0 Å². The van der Waals surface area contributed by atoms with Crippen LogP contribution in [-0.2, 0) is 9.53 Å². The monoisotopic (exact) mass is 469 g/mol. The van der Waals surface area contributed by atoms with Gasteiger partial charge >= 0.3 is 6.09 Å². The van der Waals surface area contributed by atoms with E-state index in [1.54, 1.807) is 51.1 Å². The van der Waals surface area contributed by atoms with Crippen LogP contribution >= 0.6 is 27.5 Å². The van der Waals surface area contributed by atoms with Crippen LogP contribution in [-0.4, -0.2) is 32.7 Å². The van der Waals surface area contributed by atoms with E-state index >= 15 is 0 Å². The Bertz CT molecular complexity index is 828. The SMILES string of the molecule is CC(CCCBr)C(=O)Nc1cc(-c2ccc(Cl)cc2)nn1C(=O)OC(C)(C)C. The molecule has 0 aliphatic rings. The van der Waals surface area contributed by atoms with Crippen LogP contribution < -0.4 is 5.32 Å². The predicted molar refractivity (Wildman–Crippen MR) is 115 cm³/mol. The van der Waals surface area contributed by atoms with Crippen LogP contribution in [0.5, 0.6) is 0 Å². The fourth-order valence-corrected chi connectivity index (χ4v) is 2.89. The second-order valence-corrected chi connectivity index (χ2v) is 8.76. The molecule has 0 radical (unpaired) electrons. The van der Waals surface area contributed by atoms with Gasteiger partial charge in [-0.2, -0.15) is 5.10 Å². The number of amides is 1. The summed E-state index contributed by atoms with van der Waals surface area (Å²) in [5.41, 5.74) is 0.619. The van der Waals surface area contributed by atoms with Crippen molar-refractivity contribution in [2.75, 3.05) is 10.6 Å². The topological polar surface area (TPSA) is 73.2 Å². The smallest absolute Gasteiger partial charge is 0.437 e. The van der Waals surface area contributed by atoms with Gasteiger partial charge in [0.1, 0.15) is 11.4 Å². The second kappa shape index (κ2) is 9.56. The van der Waals surface area contributed by atoms with Gasteiger partial charge in [0.05, 0.1) is 5.69 Å². The van der Waals surface area contributed by atoms with Crippen LogP contribution in [0.3, 0.4) is 0 Å². The predicted octanol–water partition coefficient (Wildman–Crippen LogP) is 5.74. The fraction of sp³-hybridized carbons (Fsp3) is 0.450. The van der Waals surface area contributed by atoms with Gasteiger partial charge < -0.3 is 10.1 Å². The molecule has 1 heterocycles. The van der Waals surface area contributed by atoms with E-state index in [1.807, 2.05) is 6.92 Å². The summed E-state index contributed by atoms with van der Waals surface area (Å²) in [6, 6.07) is 8.74. The summed E-state index contributed by atoms with van der Waals surface area (Å²) in [7, 11) is 0. The minimum absolute atomic E-state index is 0.173. The van der Waals surface area contributed by atoms with E-state index in [0.717, 1.165) is 28.4 Å². The first kappa shape index (κ1) is 22.4. The van der Waals surface area contributed by atoms with Crippen LogP contribution in [0.2, 0.25) is 5.02 Å². The maximum atomic E-state index is 12.6. The molecule has 0 aliphatic carbocycles. The molecule has 28 heavy (non-hydrogen) atoms. The number of benzene rings is 1. The quantitative estimate of drug-likeness (QED) is 0.547. The molecule has 1 amide bonds. The number of nitrogens with zero attached hydrogens (tertiary/aromatic N) is 2. The summed E-state index contributed by atoms with van der Waals surface area (Å²) in [5, 5.41) is 8.59. The normalized spacial score (nSPS) is 12.5. The van der Waals surface area contributed by atoms with Crippen LogP contribution in [0.4, 0.5) is 10.6 Å². The first-order valence-electron chi connectivity index (χ1n) is 9.07. The van der Waals surface area contributed by atoms with E-state index in [1.165, 1.54) is 0 Å². The highest BCUT2D eigenvalue weighted by atomic mass is 79.9. The zero-order valence-electron chi connectivity index (χ0n) is 16.5. The van der Waals surface area contributed by atoms with Gasteiger partial charge in [0.15, 0.2) is 0 Å². The maximum Gasteiger partial charge on any atom is 0.437 e. The van der Waals surface area contributed by atoms with E-state index in [2.05, 4.69) is 26.3 Å². The van der Waals surface area contributed by atoms with Gasteiger partial charge in [0.25, 0.3) is 0 Å². The summed E-state index contributed by atoms with van der Waals surface area (Å²) in [6.07, 6.45) is 0.966. The molecule has 8 heteroatoms. The van der Waals surface area contributed by atoms with Crippen LogP contribution in [0.25, 0.3) is 11.3 Å². The number of nitrogens with one attached hydrogen (secondary N) is 1. The molecular formula is C20H25BrClN3O3. The minimum Gasteiger partial charge on any atom is -0.442 e. The Morgan fingerprint density at radius 3 is 2.50 bits per heavy atom. The summed E-state index contributed by atoms with van der Waals surface area (Å²) in [4.78, 5) is 25.1. The summed E-state index contributed by atoms with van der Waals surface area (Å²) >= 11 is 9.31. The molecule has 1 aromatic carbocycles. The van der Waals surface area contributed by atoms with Gasteiger partial charge in [-0.15, -0.1) is 4.68 Å². The maximum absolute atomic E-state index is 12.6. The standard InChI is InChI=1S/C20H25BrClN3O3/c1-13(6-5-11-21)18(26)23-17-12-16(14-7-9-15(22)10-8-14)24-25(17)19(27)28-20(2,3)4/h7-10,12-13H,5-6,11H2,1-4H3,(H,23,26). The molecular weight excluding hydrogens is 446 g/mol. The molecule has 0 saturated heterocycles. The lowest BCUT2D eigenvalue weighted by molar-refractivity contribution is -0.119. The molecule has 6 nitrogen and oxygen atoms in total. The molecule has 1 unspecified atom stereocenters. The summed E-state index contributed by atoms with van der Waals surface area (Å²) in [5.74, 6) is -0.0956. The van der Waals surface area contributed by atoms with E-state index in [9.17, 15) is 9.59 Å². The Hall–Kier alpha value is -1.86. The van der Waals surface area contributed by atoms with Crippen molar-refractivity contribution >= 4 is 45.3 Å². The highest BCUT2D eigenvalue weighted by Gasteiger charge is 2.24. The van der Waals surface area contributed by atoms with Crippen molar-refractivity contribution in [1.82, 2.24) is 9.78 Å². The molecule has 1 aromatic heterocycles. The number of anilines is 1. The molecule has 0 fully saturated rings. The van der Waals surface area contributed by atoms with Gasteiger partial charge in [-0.05, 0) is 45.7 Å². The lowest BCUT2D eigenvalue weighted by Crippen LogP contribution is -2.30. The Morgan fingerprint density at radius 2 is 1.93 bits per heavy atom. The molecule has 0 aliphatic heterocycles. The highest BCUT2D eigenvalue weighted by molar-refractivity contribution is 9.09. The van der Waals surface area contributed by atoms with Gasteiger partial charge in [0.2, 0.25) is 5.91 Å². The lowest BCUT2D eigenvalue weighted by Gasteiger charge is -2.20. The third kappa shape index (κ3) is 6.34. The third-order valence-electron chi connectivity index (χ3n) is 3.89. The van der Waals surface area contributed by atoms with Crippen molar-refractivity contribution in [3.8, 4) is 11.3 Å². The highest BCUT2D eigenvalue weighted by Crippen LogP contribution is 2.25. The molecule has 1 atom stereocenters. The van der Waals surface area contributed by atoms with Crippen LogP contribution in [0, 0.1) is 5.92 Å². The van der Waals surface area contributed by atoms with E-state index in [-0.39, 0.29) is 17.6 Å². The van der Waals surface area contributed by atoms with Crippen LogP contribution in [0.1, 0.15) is 40.5 Å². The van der Waals surface area contributed by atoms with Gasteiger partial charge in [-0.3, -0.25) is 4.79 Å². The minimum atomic E-state index is -0.687. The second-order valence-electron chi connectivity index (χ2n) is 7.54. The number of alkyl halides is 1. The Kier molecular flexibility index (Phi) is 7.66. The molecule has 2 rings (SSSR count). The number of ether oxygens (including phenoxy) is 1.